The summed E-state index contributed by atoms with van der Waals surface area (Å²) in [4.78, 5) is 30.8. The van der Waals surface area contributed by atoms with Crippen LogP contribution < -0.4 is 5.73 Å². The molecule has 2 saturated heterocycles. The molecule has 0 saturated carbocycles. The molecule has 0 bridgehead atoms. The van der Waals surface area contributed by atoms with Crippen molar-refractivity contribution in [1.82, 2.24) is 9.88 Å². The molecule has 2 aliphatic rings. The van der Waals surface area contributed by atoms with E-state index in [9.17, 15) is 14.9 Å². The van der Waals surface area contributed by atoms with Crippen LogP contribution in [0.5, 0.6) is 0 Å². The minimum atomic E-state index is -0.558. The zero-order chi connectivity index (χ0) is 19.7. The number of nitriles is 1. The third-order valence-corrected chi connectivity index (χ3v) is 6.15. The molecule has 0 aliphatic carbocycles. The van der Waals surface area contributed by atoms with E-state index in [0.29, 0.717) is 33.8 Å². The van der Waals surface area contributed by atoms with Crippen molar-refractivity contribution in [2.75, 3.05) is 18.2 Å². The lowest BCUT2D eigenvalue weighted by molar-refractivity contribution is -0.130. The summed E-state index contributed by atoms with van der Waals surface area (Å²) in [6, 6.07) is 9.03. The number of benzene rings is 1. The number of carbonyl (C=O) groups excluding carboxylic acids is 2. The fourth-order valence-electron chi connectivity index (χ4n) is 3.69. The van der Waals surface area contributed by atoms with Gasteiger partial charge in [-0.3, -0.25) is 14.6 Å². The molecule has 2 amide bonds. The van der Waals surface area contributed by atoms with Gasteiger partial charge in [0.05, 0.1) is 41.2 Å². The monoisotopic (exact) mass is 396 g/mol. The number of fused-ring (bicyclic) bond motifs is 1. The van der Waals surface area contributed by atoms with Gasteiger partial charge < -0.3 is 15.4 Å². The first-order valence-electron chi connectivity index (χ1n) is 9.18. The number of primary amides is 1. The number of thioether (sulfide) groups is 1. The lowest BCUT2D eigenvalue weighted by atomic mass is 10.00. The van der Waals surface area contributed by atoms with Crippen molar-refractivity contribution in [2.24, 2.45) is 5.73 Å². The fourth-order valence-corrected chi connectivity index (χ4v) is 4.79. The Kier molecular flexibility index (Phi) is 5.20. The van der Waals surface area contributed by atoms with E-state index in [1.807, 2.05) is 18.2 Å². The summed E-state index contributed by atoms with van der Waals surface area (Å²) in [5, 5.41) is 9.85. The number of hydrogen-bond donors (Lipinski definition) is 1. The highest BCUT2D eigenvalue weighted by Gasteiger charge is 2.29. The quantitative estimate of drug-likeness (QED) is 0.848. The molecule has 0 spiro atoms. The zero-order valence-corrected chi connectivity index (χ0v) is 16.1. The van der Waals surface area contributed by atoms with Crippen LogP contribution in [0.4, 0.5) is 0 Å². The van der Waals surface area contributed by atoms with E-state index in [0.717, 1.165) is 25.0 Å². The van der Waals surface area contributed by atoms with Crippen LogP contribution in [0.2, 0.25) is 0 Å². The van der Waals surface area contributed by atoms with Gasteiger partial charge in [-0.2, -0.15) is 5.26 Å². The number of hydrogen-bond acceptors (Lipinski definition) is 6. The van der Waals surface area contributed by atoms with Gasteiger partial charge in [0.15, 0.2) is 0 Å². The maximum atomic E-state index is 12.6. The molecular weight excluding hydrogens is 376 g/mol. The number of amides is 2. The van der Waals surface area contributed by atoms with E-state index in [1.54, 1.807) is 22.7 Å². The van der Waals surface area contributed by atoms with Crippen LogP contribution in [0, 0.1) is 11.3 Å². The standard InChI is InChI=1S/C20H20N4O3S/c21-9-14-10-28-11-24(14)19(25)8-13-7-16(20(22)26)15-6-12(3-4-17(15)23-13)18-2-1-5-27-18/h3-4,6-7,14,18H,1-2,5,8,10-11H2,(H2,22,26)/t14-,18-/m1/s1. The van der Waals surface area contributed by atoms with Crippen LogP contribution in [-0.4, -0.2) is 46.0 Å². The molecule has 7 nitrogen and oxygen atoms in total. The molecule has 0 unspecified atom stereocenters. The summed E-state index contributed by atoms with van der Waals surface area (Å²) in [6.07, 6.45) is 2.03. The second-order valence-corrected chi connectivity index (χ2v) is 7.99. The highest BCUT2D eigenvalue weighted by molar-refractivity contribution is 7.99. The molecule has 1 aromatic heterocycles. The molecule has 2 N–H and O–H groups in total. The highest BCUT2D eigenvalue weighted by Crippen LogP contribution is 2.31. The van der Waals surface area contributed by atoms with Gasteiger partial charge in [0, 0.05) is 17.7 Å². The molecule has 3 heterocycles. The summed E-state index contributed by atoms with van der Waals surface area (Å²) in [5.74, 6) is 0.385. The Balaban J connectivity index is 1.66. The number of aromatic nitrogens is 1. The Morgan fingerprint density at radius 1 is 1.39 bits per heavy atom. The Morgan fingerprint density at radius 2 is 2.25 bits per heavy atom. The first kappa shape index (κ1) is 18.7. The van der Waals surface area contributed by atoms with Gasteiger partial charge in [-0.05, 0) is 36.6 Å². The third-order valence-electron chi connectivity index (χ3n) is 5.14. The van der Waals surface area contributed by atoms with Crippen molar-refractivity contribution >= 4 is 34.5 Å². The van der Waals surface area contributed by atoms with Crippen LogP contribution in [-0.2, 0) is 16.0 Å². The van der Waals surface area contributed by atoms with Gasteiger partial charge in [0.2, 0.25) is 11.8 Å². The van der Waals surface area contributed by atoms with E-state index < -0.39 is 11.9 Å². The maximum Gasteiger partial charge on any atom is 0.249 e. The number of nitrogens with zero attached hydrogens (tertiary/aromatic N) is 3. The van der Waals surface area contributed by atoms with Crippen molar-refractivity contribution < 1.29 is 14.3 Å². The summed E-state index contributed by atoms with van der Waals surface area (Å²) in [5.41, 5.74) is 8.06. The summed E-state index contributed by atoms with van der Waals surface area (Å²) in [6.45, 7) is 0.739. The van der Waals surface area contributed by atoms with Crippen LogP contribution >= 0.6 is 11.8 Å². The average Bonchev–Trinajstić information content (AvgIpc) is 3.38. The van der Waals surface area contributed by atoms with Gasteiger partial charge in [0.25, 0.3) is 0 Å². The SMILES string of the molecule is N#C[C@@H]1CSCN1C(=O)Cc1cc(C(N)=O)c2cc([C@H]3CCCO3)ccc2n1. The Morgan fingerprint density at radius 3 is 2.96 bits per heavy atom. The van der Waals surface area contributed by atoms with Crippen LogP contribution in [0.1, 0.15) is 40.6 Å². The number of pyridine rings is 1. The highest BCUT2D eigenvalue weighted by atomic mass is 32.2. The lowest BCUT2D eigenvalue weighted by Gasteiger charge is -2.18. The second-order valence-electron chi connectivity index (χ2n) is 6.99. The van der Waals surface area contributed by atoms with Crippen molar-refractivity contribution in [3.63, 3.8) is 0 Å². The Labute approximate surface area is 166 Å². The average molecular weight is 396 g/mol. The fraction of sp³-hybridized carbons (Fsp3) is 0.400. The minimum Gasteiger partial charge on any atom is -0.374 e. The van der Waals surface area contributed by atoms with Crippen molar-refractivity contribution in [2.45, 2.75) is 31.4 Å². The first-order chi connectivity index (χ1) is 13.6. The number of ether oxygens (including phenoxy) is 1. The normalized spacial score (nSPS) is 21.8. The molecular formula is C20H20N4O3S. The summed E-state index contributed by atoms with van der Waals surface area (Å²) < 4.78 is 5.73. The van der Waals surface area contributed by atoms with Gasteiger partial charge in [-0.1, -0.05) is 6.07 Å². The van der Waals surface area contributed by atoms with E-state index in [2.05, 4.69) is 11.1 Å². The molecule has 2 fully saturated rings. The van der Waals surface area contributed by atoms with E-state index in [1.165, 1.54) is 0 Å². The van der Waals surface area contributed by atoms with Crippen LogP contribution in [0.3, 0.4) is 0 Å². The number of rotatable bonds is 4. The first-order valence-corrected chi connectivity index (χ1v) is 10.3. The smallest absolute Gasteiger partial charge is 0.249 e. The van der Waals surface area contributed by atoms with Gasteiger partial charge in [-0.25, -0.2) is 0 Å². The van der Waals surface area contributed by atoms with Gasteiger partial charge in [-0.15, -0.1) is 11.8 Å². The summed E-state index contributed by atoms with van der Waals surface area (Å²) >= 11 is 1.55. The molecule has 2 atom stereocenters. The largest absolute Gasteiger partial charge is 0.374 e. The Hall–Kier alpha value is -2.63. The maximum absolute atomic E-state index is 12.6. The molecule has 144 valence electrons. The molecule has 2 aliphatic heterocycles. The number of carbonyl (C=O) groups is 2. The predicted octanol–water partition coefficient (Wildman–Crippen LogP) is 2.15. The van der Waals surface area contributed by atoms with E-state index in [4.69, 9.17) is 10.5 Å². The Bertz CT molecular complexity index is 981. The van der Waals surface area contributed by atoms with Gasteiger partial charge in [0.1, 0.15) is 6.04 Å². The van der Waals surface area contributed by atoms with E-state index in [-0.39, 0.29) is 18.4 Å². The molecule has 1 aromatic carbocycles. The van der Waals surface area contributed by atoms with Gasteiger partial charge >= 0.3 is 0 Å². The third kappa shape index (κ3) is 3.55. The number of nitrogens with two attached hydrogens (primary N) is 1. The summed E-state index contributed by atoms with van der Waals surface area (Å²) in [7, 11) is 0. The van der Waals surface area contributed by atoms with Crippen molar-refractivity contribution in [3.05, 3.63) is 41.1 Å². The van der Waals surface area contributed by atoms with Crippen LogP contribution in [0.15, 0.2) is 24.3 Å². The van der Waals surface area contributed by atoms with E-state index >= 15 is 0 Å². The molecule has 28 heavy (non-hydrogen) atoms. The minimum absolute atomic E-state index is 0.0296. The topological polar surface area (TPSA) is 109 Å². The predicted molar refractivity (Wildman–Crippen MR) is 105 cm³/mol. The van der Waals surface area contributed by atoms with Crippen molar-refractivity contribution in [3.8, 4) is 6.07 Å². The second kappa shape index (κ2) is 7.78. The zero-order valence-electron chi connectivity index (χ0n) is 15.3. The molecule has 2 aromatic rings. The molecule has 4 rings (SSSR count). The van der Waals surface area contributed by atoms with Crippen molar-refractivity contribution in [1.29, 1.82) is 5.26 Å². The lowest BCUT2D eigenvalue weighted by Crippen LogP contribution is -2.36. The molecule has 0 radical (unpaired) electrons. The molecule has 8 heteroatoms. The van der Waals surface area contributed by atoms with Crippen LogP contribution in [0.25, 0.3) is 10.9 Å².